The molecule has 5 nitrogen and oxygen atoms in total. The van der Waals surface area contributed by atoms with Crippen LogP contribution >= 0.6 is 0 Å². The normalized spacial score (nSPS) is 10.2. The number of halogens is 3. The van der Waals surface area contributed by atoms with Crippen molar-refractivity contribution in [2.24, 2.45) is 0 Å². The van der Waals surface area contributed by atoms with Gasteiger partial charge in [-0.1, -0.05) is 30.3 Å². The van der Waals surface area contributed by atoms with Crippen LogP contribution in [0.1, 0.15) is 5.56 Å². The van der Waals surface area contributed by atoms with Crippen LogP contribution in [0.5, 0.6) is 5.75 Å². The third kappa shape index (κ3) is 5.30. The summed E-state index contributed by atoms with van der Waals surface area (Å²) < 4.78 is 46.8. The van der Waals surface area contributed by atoms with Gasteiger partial charge < -0.3 is 15.4 Å². The molecule has 158 valence electrons. The lowest BCUT2D eigenvalue weighted by Crippen LogP contribution is -2.26. The third-order valence-corrected chi connectivity index (χ3v) is 4.22. The van der Waals surface area contributed by atoms with Crippen molar-refractivity contribution >= 4 is 29.3 Å². The van der Waals surface area contributed by atoms with Crippen LogP contribution in [0, 0.1) is 17.5 Å². The molecule has 0 saturated heterocycles. The Balaban J connectivity index is 1.97. The van der Waals surface area contributed by atoms with Crippen LogP contribution in [0.25, 0.3) is 6.08 Å². The van der Waals surface area contributed by atoms with E-state index in [0.717, 1.165) is 24.3 Å². The number of carbonyl (C=O) groups excluding carboxylic acids is 2. The van der Waals surface area contributed by atoms with Gasteiger partial charge in [-0.2, -0.15) is 0 Å². The topological polar surface area (TPSA) is 67.4 Å². The predicted octanol–water partition coefficient (Wildman–Crippen LogP) is 4.77. The van der Waals surface area contributed by atoms with Gasteiger partial charge in [-0.15, -0.1) is 0 Å². The number of hydrogen-bond donors (Lipinski definition) is 2. The molecule has 0 fully saturated rings. The number of nitrogens with one attached hydrogen (secondary N) is 2. The second kappa shape index (κ2) is 9.62. The van der Waals surface area contributed by atoms with E-state index in [1.165, 1.54) is 55.6 Å². The van der Waals surface area contributed by atoms with Gasteiger partial charge in [0.15, 0.2) is 11.6 Å². The molecule has 0 saturated carbocycles. The number of ether oxygens (including phenoxy) is 1. The molecule has 2 N–H and O–H groups in total. The number of rotatable bonds is 6. The van der Waals surface area contributed by atoms with E-state index in [2.05, 4.69) is 10.6 Å². The molecular weight excluding hydrogens is 409 g/mol. The first-order valence-corrected chi connectivity index (χ1v) is 9.06. The van der Waals surface area contributed by atoms with Crippen LogP contribution in [0.4, 0.5) is 24.5 Å². The van der Waals surface area contributed by atoms with Gasteiger partial charge in [-0.3, -0.25) is 9.59 Å². The van der Waals surface area contributed by atoms with Crippen molar-refractivity contribution in [3.8, 4) is 5.75 Å². The molecule has 0 aromatic heterocycles. The zero-order valence-corrected chi connectivity index (χ0v) is 16.3. The summed E-state index contributed by atoms with van der Waals surface area (Å²) in [5, 5.41) is 4.59. The maximum absolute atomic E-state index is 14.0. The molecule has 0 aliphatic carbocycles. The van der Waals surface area contributed by atoms with Gasteiger partial charge in [0.25, 0.3) is 11.8 Å². The lowest BCUT2D eigenvalue weighted by molar-refractivity contribution is -0.118. The highest BCUT2D eigenvalue weighted by Gasteiger charge is 2.21. The maximum atomic E-state index is 14.0. The minimum atomic E-state index is -0.963. The molecule has 31 heavy (non-hydrogen) atoms. The zero-order chi connectivity index (χ0) is 22.4. The van der Waals surface area contributed by atoms with Gasteiger partial charge in [0.05, 0.1) is 18.5 Å². The van der Waals surface area contributed by atoms with E-state index >= 15 is 0 Å². The third-order valence-electron chi connectivity index (χ3n) is 4.22. The number of para-hydroxylation sites is 2. The monoisotopic (exact) mass is 426 g/mol. The summed E-state index contributed by atoms with van der Waals surface area (Å²) in [6.07, 6.45) is 1.11. The summed E-state index contributed by atoms with van der Waals surface area (Å²) in [5.74, 6) is -4.07. The van der Waals surface area contributed by atoms with E-state index in [1.807, 2.05) is 0 Å². The zero-order valence-electron chi connectivity index (χ0n) is 16.3. The van der Waals surface area contributed by atoms with Crippen molar-refractivity contribution in [1.29, 1.82) is 0 Å². The second-order valence-corrected chi connectivity index (χ2v) is 6.32. The van der Waals surface area contributed by atoms with Crippen molar-refractivity contribution in [1.82, 2.24) is 0 Å². The Kier molecular flexibility index (Phi) is 6.71. The number of benzene rings is 3. The summed E-state index contributed by atoms with van der Waals surface area (Å²) in [4.78, 5) is 25.5. The molecule has 0 spiro atoms. The number of methoxy groups -OCH3 is 1. The van der Waals surface area contributed by atoms with Gasteiger partial charge in [-0.05, 0) is 48.0 Å². The Morgan fingerprint density at radius 1 is 0.774 bits per heavy atom. The Hall–Kier alpha value is -4.07. The summed E-state index contributed by atoms with van der Waals surface area (Å²) in [5.41, 5.74) is -0.632. The van der Waals surface area contributed by atoms with Crippen LogP contribution in [-0.4, -0.2) is 18.9 Å². The number of anilines is 2. The molecule has 0 heterocycles. The first kappa shape index (κ1) is 21.6. The van der Waals surface area contributed by atoms with Crippen molar-refractivity contribution in [2.75, 3.05) is 17.7 Å². The molecule has 3 rings (SSSR count). The number of carbonyl (C=O) groups is 2. The van der Waals surface area contributed by atoms with Crippen molar-refractivity contribution in [3.63, 3.8) is 0 Å². The molecule has 0 atom stereocenters. The van der Waals surface area contributed by atoms with Gasteiger partial charge in [0.2, 0.25) is 0 Å². The summed E-state index contributed by atoms with van der Waals surface area (Å²) >= 11 is 0. The van der Waals surface area contributed by atoms with E-state index < -0.39 is 34.8 Å². The van der Waals surface area contributed by atoms with Gasteiger partial charge in [-0.25, -0.2) is 13.2 Å². The summed E-state index contributed by atoms with van der Waals surface area (Å²) in [6, 6.07) is 14.6. The van der Waals surface area contributed by atoms with Crippen LogP contribution < -0.4 is 15.4 Å². The van der Waals surface area contributed by atoms with Gasteiger partial charge in [0, 0.05) is 0 Å². The fourth-order valence-corrected chi connectivity index (χ4v) is 2.68. The van der Waals surface area contributed by atoms with E-state index in [-0.39, 0.29) is 22.7 Å². The highest BCUT2D eigenvalue weighted by atomic mass is 19.1. The van der Waals surface area contributed by atoms with Crippen molar-refractivity contribution in [3.05, 3.63) is 95.3 Å². The molecule has 2 amide bonds. The quantitative estimate of drug-likeness (QED) is 0.339. The van der Waals surface area contributed by atoms with Crippen molar-refractivity contribution < 1.29 is 27.5 Å². The minimum Gasteiger partial charge on any atom is -0.494 e. The Bertz CT molecular complexity index is 1100. The average molecular weight is 426 g/mol. The van der Waals surface area contributed by atoms with Crippen molar-refractivity contribution in [2.45, 2.75) is 0 Å². The molecule has 0 aliphatic rings. The fourth-order valence-electron chi connectivity index (χ4n) is 2.68. The SMILES string of the molecule is COc1ccc(C=C(C(=O)Nc2ccccc2F)C(=O)Nc2ccccc2F)cc1F. The molecular formula is C23H17F3N2O3. The fraction of sp³-hybridized carbons (Fsp3) is 0.0435. The summed E-state index contributed by atoms with van der Waals surface area (Å²) in [7, 11) is 1.29. The summed E-state index contributed by atoms with van der Waals surface area (Å²) in [6.45, 7) is 0. The van der Waals surface area contributed by atoms with Crippen LogP contribution in [-0.2, 0) is 9.59 Å². The Labute approximate surface area is 176 Å². The predicted molar refractivity (Wildman–Crippen MR) is 111 cm³/mol. The molecule has 3 aromatic rings. The second-order valence-electron chi connectivity index (χ2n) is 6.32. The minimum absolute atomic E-state index is 0.0229. The first-order valence-electron chi connectivity index (χ1n) is 9.06. The van der Waals surface area contributed by atoms with E-state index in [0.29, 0.717) is 0 Å². The molecule has 0 radical (unpaired) electrons. The van der Waals surface area contributed by atoms with E-state index in [4.69, 9.17) is 4.74 Å². The Morgan fingerprint density at radius 2 is 1.29 bits per heavy atom. The molecule has 0 unspecified atom stereocenters. The standard InChI is InChI=1S/C23H17F3N2O3/c1-31-21-11-10-14(13-18(21)26)12-15(22(29)27-19-8-4-2-6-16(19)24)23(30)28-20-9-5-3-7-17(20)25/h2-13H,1H3,(H,27,29)(H,28,30). The number of hydrogen-bond acceptors (Lipinski definition) is 3. The van der Waals surface area contributed by atoms with Gasteiger partial charge in [0.1, 0.15) is 17.2 Å². The lowest BCUT2D eigenvalue weighted by Gasteiger charge is -2.11. The van der Waals surface area contributed by atoms with Crippen LogP contribution in [0.2, 0.25) is 0 Å². The van der Waals surface area contributed by atoms with Gasteiger partial charge >= 0.3 is 0 Å². The van der Waals surface area contributed by atoms with E-state index in [1.54, 1.807) is 0 Å². The molecule has 0 bridgehead atoms. The average Bonchev–Trinajstić information content (AvgIpc) is 2.75. The highest BCUT2D eigenvalue weighted by Crippen LogP contribution is 2.21. The highest BCUT2D eigenvalue weighted by molar-refractivity contribution is 6.28. The largest absolute Gasteiger partial charge is 0.494 e. The first-order chi connectivity index (χ1) is 14.9. The smallest absolute Gasteiger partial charge is 0.261 e. The molecule has 3 aromatic carbocycles. The van der Waals surface area contributed by atoms with Crippen LogP contribution in [0.3, 0.4) is 0 Å². The number of amides is 2. The van der Waals surface area contributed by atoms with Crippen LogP contribution in [0.15, 0.2) is 72.3 Å². The lowest BCUT2D eigenvalue weighted by atomic mass is 10.1. The maximum Gasteiger partial charge on any atom is 0.261 e. The molecule has 8 heteroatoms. The molecule has 0 aliphatic heterocycles. The Morgan fingerprint density at radius 3 is 1.74 bits per heavy atom. The van der Waals surface area contributed by atoms with E-state index in [9.17, 15) is 22.8 Å².